The lowest BCUT2D eigenvalue weighted by Gasteiger charge is -2.19. The minimum Gasteiger partial charge on any atom is -0.378 e. The van der Waals surface area contributed by atoms with Crippen molar-refractivity contribution in [2.75, 3.05) is 18.4 Å². The van der Waals surface area contributed by atoms with Crippen molar-refractivity contribution in [3.8, 4) is 0 Å². The molecule has 2 heterocycles. The molecule has 0 fully saturated rings. The highest BCUT2D eigenvalue weighted by atomic mass is 32.1. The van der Waals surface area contributed by atoms with E-state index in [0.29, 0.717) is 18.8 Å². The lowest BCUT2D eigenvalue weighted by Crippen LogP contribution is -2.31. The first-order valence-corrected chi connectivity index (χ1v) is 8.14. The van der Waals surface area contributed by atoms with Crippen LogP contribution in [0.15, 0.2) is 35.2 Å². The predicted octanol–water partition coefficient (Wildman–Crippen LogP) is 3.80. The van der Waals surface area contributed by atoms with Gasteiger partial charge in [0.2, 0.25) is 0 Å². The van der Waals surface area contributed by atoms with Gasteiger partial charge in [0.15, 0.2) is 0 Å². The number of anilines is 1. The van der Waals surface area contributed by atoms with E-state index < -0.39 is 0 Å². The van der Waals surface area contributed by atoms with Gasteiger partial charge in [-0.25, -0.2) is 0 Å². The summed E-state index contributed by atoms with van der Waals surface area (Å²) in [6.45, 7) is 7.44. The molecule has 0 aromatic carbocycles. The highest BCUT2D eigenvalue weighted by Gasteiger charge is 2.14. The van der Waals surface area contributed by atoms with E-state index in [1.807, 2.05) is 26.0 Å². The summed E-state index contributed by atoms with van der Waals surface area (Å²) >= 11 is 1.68. The van der Waals surface area contributed by atoms with Gasteiger partial charge in [-0.3, -0.25) is 9.78 Å². The quantitative estimate of drug-likeness (QED) is 0.883. The van der Waals surface area contributed by atoms with Gasteiger partial charge in [0.05, 0.1) is 0 Å². The van der Waals surface area contributed by atoms with E-state index >= 15 is 0 Å². The number of hydrogen-bond acceptors (Lipinski definition) is 4. The zero-order valence-corrected chi connectivity index (χ0v) is 13.5. The third kappa shape index (κ3) is 3.82. The van der Waals surface area contributed by atoms with Crippen molar-refractivity contribution >= 4 is 22.9 Å². The molecule has 0 saturated carbocycles. The Morgan fingerprint density at radius 3 is 2.76 bits per heavy atom. The van der Waals surface area contributed by atoms with Crippen LogP contribution in [0.2, 0.25) is 0 Å². The molecule has 1 unspecified atom stereocenters. The molecule has 0 bridgehead atoms. The molecule has 0 radical (unpaired) electrons. The standard InChI is InChI=1S/C16H21N3OS/c1-4-19(5-2)16(20)15-10-14(6-8-17-15)18-12(3)13-7-9-21-11-13/h6-12H,4-5H2,1-3H3,(H,17,18). The normalized spacial score (nSPS) is 12.0. The fourth-order valence-corrected chi connectivity index (χ4v) is 2.92. The van der Waals surface area contributed by atoms with E-state index in [9.17, 15) is 4.79 Å². The topological polar surface area (TPSA) is 45.2 Å². The molecular weight excluding hydrogens is 282 g/mol. The molecule has 2 aromatic heterocycles. The zero-order chi connectivity index (χ0) is 15.2. The van der Waals surface area contributed by atoms with E-state index in [1.165, 1.54) is 5.56 Å². The lowest BCUT2D eigenvalue weighted by molar-refractivity contribution is 0.0767. The van der Waals surface area contributed by atoms with Crippen molar-refractivity contribution in [1.82, 2.24) is 9.88 Å². The molecule has 1 N–H and O–H groups in total. The van der Waals surface area contributed by atoms with Crippen LogP contribution < -0.4 is 5.32 Å². The second kappa shape index (κ2) is 7.22. The second-order valence-electron chi connectivity index (χ2n) is 4.83. The number of amides is 1. The molecule has 1 atom stereocenters. The summed E-state index contributed by atoms with van der Waals surface area (Å²) < 4.78 is 0. The van der Waals surface area contributed by atoms with E-state index in [2.05, 4.69) is 34.1 Å². The molecule has 2 rings (SSSR count). The molecule has 5 heteroatoms. The Kier molecular flexibility index (Phi) is 5.33. The minimum absolute atomic E-state index is 0.0214. The number of carbonyl (C=O) groups is 1. The fraction of sp³-hybridized carbons (Fsp3) is 0.375. The lowest BCUT2D eigenvalue weighted by atomic mass is 10.1. The third-order valence-electron chi connectivity index (χ3n) is 3.46. The summed E-state index contributed by atoms with van der Waals surface area (Å²) in [6.07, 6.45) is 1.68. The number of nitrogens with zero attached hydrogens (tertiary/aromatic N) is 2. The molecular formula is C16H21N3OS. The molecule has 0 aliphatic heterocycles. The van der Waals surface area contributed by atoms with E-state index in [1.54, 1.807) is 22.4 Å². The highest BCUT2D eigenvalue weighted by molar-refractivity contribution is 7.07. The van der Waals surface area contributed by atoms with E-state index in [-0.39, 0.29) is 11.9 Å². The largest absolute Gasteiger partial charge is 0.378 e. The summed E-state index contributed by atoms with van der Waals surface area (Å²) in [5.74, 6) is -0.0214. The van der Waals surface area contributed by atoms with Crippen LogP contribution in [-0.4, -0.2) is 28.9 Å². The van der Waals surface area contributed by atoms with Crippen LogP contribution >= 0.6 is 11.3 Å². The van der Waals surface area contributed by atoms with Crippen LogP contribution in [0.1, 0.15) is 42.9 Å². The van der Waals surface area contributed by atoms with Crippen molar-refractivity contribution in [3.05, 3.63) is 46.4 Å². The van der Waals surface area contributed by atoms with Crippen molar-refractivity contribution in [2.24, 2.45) is 0 Å². The van der Waals surface area contributed by atoms with Gasteiger partial charge in [0.1, 0.15) is 5.69 Å². The number of nitrogens with one attached hydrogen (secondary N) is 1. The Morgan fingerprint density at radius 2 is 2.14 bits per heavy atom. The maximum atomic E-state index is 12.3. The Morgan fingerprint density at radius 1 is 1.38 bits per heavy atom. The summed E-state index contributed by atoms with van der Waals surface area (Å²) in [6, 6.07) is 6.02. The van der Waals surface area contributed by atoms with Crippen LogP contribution in [0.25, 0.3) is 0 Å². The van der Waals surface area contributed by atoms with Gasteiger partial charge < -0.3 is 10.2 Å². The van der Waals surface area contributed by atoms with E-state index in [4.69, 9.17) is 0 Å². The van der Waals surface area contributed by atoms with Crippen LogP contribution in [0.4, 0.5) is 5.69 Å². The minimum atomic E-state index is -0.0214. The van der Waals surface area contributed by atoms with Crippen LogP contribution in [0.5, 0.6) is 0 Å². The predicted molar refractivity (Wildman–Crippen MR) is 87.8 cm³/mol. The van der Waals surface area contributed by atoms with Crippen molar-refractivity contribution in [1.29, 1.82) is 0 Å². The van der Waals surface area contributed by atoms with Gasteiger partial charge in [0, 0.05) is 31.0 Å². The van der Waals surface area contributed by atoms with Crippen LogP contribution in [-0.2, 0) is 0 Å². The molecule has 21 heavy (non-hydrogen) atoms. The third-order valence-corrected chi connectivity index (χ3v) is 4.16. The van der Waals surface area contributed by atoms with Gasteiger partial charge in [-0.1, -0.05) is 0 Å². The van der Waals surface area contributed by atoms with Gasteiger partial charge >= 0.3 is 0 Å². The average molecular weight is 303 g/mol. The van der Waals surface area contributed by atoms with Crippen LogP contribution in [0, 0.1) is 0 Å². The molecule has 2 aromatic rings. The smallest absolute Gasteiger partial charge is 0.272 e. The monoisotopic (exact) mass is 303 g/mol. The summed E-state index contributed by atoms with van der Waals surface area (Å²) in [5, 5.41) is 7.60. The number of aromatic nitrogens is 1. The first-order chi connectivity index (χ1) is 10.2. The zero-order valence-electron chi connectivity index (χ0n) is 12.7. The Balaban J connectivity index is 2.12. The maximum Gasteiger partial charge on any atom is 0.272 e. The summed E-state index contributed by atoms with van der Waals surface area (Å²) in [7, 11) is 0. The SMILES string of the molecule is CCN(CC)C(=O)c1cc(NC(C)c2ccsc2)ccn1. The molecule has 4 nitrogen and oxygen atoms in total. The molecule has 1 amide bonds. The van der Waals surface area contributed by atoms with Crippen molar-refractivity contribution < 1.29 is 4.79 Å². The van der Waals surface area contributed by atoms with Gasteiger partial charge in [0.25, 0.3) is 5.91 Å². The molecule has 112 valence electrons. The number of pyridine rings is 1. The van der Waals surface area contributed by atoms with E-state index in [0.717, 1.165) is 5.69 Å². The van der Waals surface area contributed by atoms with Gasteiger partial charge in [-0.05, 0) is 55.3 Å². The van der Waals surface area contributed by atoms with Crippen molar-refractivity contribution in [3.63, 3.8) is 0 Å². The first-order valence-electron chi connectivity index (χ1n) is 7.19. The van der Waals surface area contributed by atoms with Gasteiger partial charge in [-0.2, -0.15) is 11.3 Å². The average Bonchev–Trinajstić information content (AvgIpc) is 3.03. The number of carbonyl (C=O) groups excluding carboxylic acids is 1. The molecule has 0 aliphatic rings. The number of rotatable bonds is 6. The number of hydrogen-bond donors (Lipinski definition) is 1. The Labute approximate surface area is 129 Å². The summed E-state index contributed by atoms with van der Waals surface area (Å²) in [4.78, 5) is 18.3. The first kappa shape index (κ1) is 15.5. The Bertz CT molecular complexity index is 579. The molecule has 0 saturated heterocycles. The number of thiophene rings is 1. The molecule has 0 aliphatic carbocycles. The summed E-state index contributed by atoms with van der Waals surface area (Å²) in [5.41, 5.74) is 2.65. The van der Waals surface area contributed by atoms with Crippen molar-refractivity contribution in [2.45, 2.75) is 26.8 Å². The van der Waals surface area contributed by atoms with Gasteiger partial charge in [-0.15, -0.1) is 0 Å². The highest BCUT2D eigenvalue weighted by Crippen LogP contribution is 2.21. The maximum absolute atomic E-state index is 12.3. The van der Waals surface area contributed by atoms with Crippen LogP contribution in [0.3, 0.4) is 0 Å². The second-order valence-corrected chi connectivity index (χ2v) is 5.61. The molecule has 0 spiro atoms. The Hall–Kier alpha value is -1.88. The fourth-order valence-electron chi connectivity index (χ4n) is 2.16.